The first-order valence-electron chi connectivity index (χ1n) is 9.22. The Morgan fingerprint density at radius 3 is 2.41 bits per heavy atom. The van der Waals surface area contributed by atoms with E-state index in [0.717, 1.165) is 11.1 Å². The van der Waals surface area contributed by atoms with E-state index in [-0.39, 0.29) is 12.2 Å². The molecule has 0 aliphatic carbocycles. The molecule has 154 valence electrons. The van der Waals surface area contributed by atoms with E-state index in [1.165, 1.54) is 14.0 Å². The third-order valence-corrected chi connectivity index (χ3v) is 4.59. The zero-order valence-corrected chi connectivity index (χ0v) is 17.3. The molecule has 0 bridgehead atoms. The standard InChI is InChI=1S/C22H26N2O5/c1-13-7-6-8-19(14(13)2)29-16(4)22(27)24-23-21(26)12-18-11-17(15(3)25)9-10-20(18)28-5/h6-11,16H,12H2,1-5H3,(H,23,26)(H,24,27). The van der Waals surface area contributed by atoms with Crippen LogP contribution in [-0.4, -0.2) is 30.8 Å². The number of aryl methyl sites for hydroxylation is 1. The molecular weight excluding hydrogens is 372 g/mol. The highest BCUT2D eigenvalue weighted by Gasteiger charge is 2.17. The van der Waals surface area contributed by atoms with Gasteiger partial charge in [0.05, 0.1) is 13.5 Å². The zero-order chi connectivity index (χ0) is 21.6. The van der Waals surface area contributed by atoms with E-state index in [9.17, 15) is 14.4 Å². The van der Waals surface area contributed by atoms with Crippen LogP contribution in [0.15, 0.2) is 36.4 Å². The number of nitrogens with one attached hydrogen (secondary N) is 2. The van der Waals surface area contributed by atoms with Crippen molar-refractivity contribution < 1.29 is 23.9 Å². The van der Waals surface area contributed by atoms with Gasteiger partial charge in [-0.05, 0) is 63.1 Å². The number of Topliss-reactive ketones (excluding diaryl/α,β-unsaturated/α-hetero) is 1. The van der Waals surface area contributed by atoms with E-state index in [2.05, 4.69) is 10.9 Å². The van der Waals surface area contributed by atoms with E-state index >= 15 is 0 Å². The SMILES string of the molecule is COc1ccc(C(C)=O)cc1CC(=O)NNC(=O)C(C)Oc1cccc(C)c1C. The summed E-state index contributed by atoms with van der Waals surface area (Å²) in [6.07, 6.45) is -0.858. The first-order valence-corrected chi connectivity index (χ1v) is 9.22. The second kappa shape index (κ2) is 9.73. The summed E-state index contributed by atoms with van der Waals surface area (Å²) < 4.78 is 10.9. The summed E-state index contributed by atoms with van der Waals surface area (Å²) >= 11 is 0. The van der Waals surface area contributed by atoms with Crippen LogP contribution in [0.2, 0.25) is 0 Å². The second-order valence-electron chi connectivity index (χ2n) is 6.76. The predicted octanol–water partition coefficient (Wildman–Crippen LogP) is 2.67. The summed E-state index contributed by atoms with van der Waals surface area (Å²) in [4.78, 5) is 36.0. The van der Waals surface area contributed by atoms with E-state index < -0.39 is 17.9 Å². The van der Waals surface area contributed by atoms with E-state index in [4.69, 9.17) is 9.47 Å². The van der Waals surface area contributed by atoms with Crippen LogP contribution in [0.3, 0.4) is 0 Å². The Morgan fingerprint density at radius 1 is 1.03 bits per heavy atom. The molecule has 0 aliphatic rings. The van der Waals surface area contributed by atoms with Crippen molar-refractivity contribution in [2.24, 2.45) is 0 Å². The van der Waals surface area contributed by atoms with Crippen molar-refractivity contribution in [2.75, 3.05) is 7.11 Å². The summed E-state index contributed by atoms with van der Waals surface area (Å²) in [5.74, 6) is 0.0629. The fourth-order valence-corrected chi connectivity index (χ4v) is 2.68. The van der Waals surface area contributed by atoms with E-state index in [1.807, 2.05) is 26.0 Å². The quantitative estimate of drug-likeness (QED) is 0.552. The molecule has 0 fully saturated rings. The third kappa shape index (κ3) is 5.81. The van der Waals surface area contributed by atoms with Gasteiger partial charge in [0.1, 0.15) is 11.5 Å². The minimum Gasteiger partial charge on any atom is -0.496 e. The fourth-order valence-electron chi connectivity index (χ4n) is 2.68. The highest BCUT2D eigenvalue weighted by atomic mass is 16.5. The summed E-state index contributed by atoms with van der Waals surface area (Å²) in [5.41, 5.74) is 7.77. The molecule has 0 spiro atoms. The maximum Gasteiger partial charge on any atom is 0.279 e. The molecule has 0 aliphatic heterocycles. The number of ketones is 1. The Kier molecular flexibility index (Phi) is 7.36. The van der Waals surface area contributed by atoms with Crippen molar-refractivity contribution in [3.63, 3.8) is 0 Å². The average Bonchev–Trinajstić information content (AvgIpc) is 2.69. The van der Waals surface area contributed by atoms with Crippen LogP contribution >= 0.6 is 0 Å². The van der Waals surface area contributed by atoms with Gasteiger partial charge in [-0.25, -0.2) is 0 Å². The van der Waals surface area contributed by atoms with Gasteiger partial charge in [0.2, 0.25) is 5.91 Å². The molecule has 2 rings (SSSR count). The lowest BCUT2D eigenvalue weighted by atomic mass is 10.0. The molecule has 1 unspecified atom stereocenters. The molecular formula is C22H26N2O5. The molecule has 7 heteroatoms. The molecule has 2 aromatic carbocycles. The first kappa shape index (κ1) is 21.9. The predicted molar refractivity (Wildman–Crippen MR) is 109 cm³/mol. The van der Waals surface area contributed by atoms with Gasteiger partial charge in [-0.2, -0.15) is 0 Å². The molecule has 0 aromatic heterocycles. The van der Waals surface area contributed by atoms with Crippen LogP contribution in [-0.2, 0) is 16.0 Å². The number of hydrazine groups is 1. The first-order chi connectivity index (χ1) is 13.7. The number of ether oxygens (including phenoxy) is 2. The van der Waals surface area contributed by atoms with Crippen molar-refractivity contribution in [3.05, 3.63) is 58.7 Å². The molecule has 2 amide bonds. The maximum atomic E-state index is 12.2. The minimum atomic E-state index is -0.800. The highest BCUT2D eigenvalue weighted by molar-refractivity contribution is 5.95. The van der Waals surface area contributed by atoms with Crippen LogP contribution in [0, 0.1) is 13.8 Å². The third-order valence-electron chi connectivity index (χ3n) is 4.59. The van der Waals surface area contributed by atoms with Gasteiger partial charge in [-0.1, -0.05) is 12.1 Å². The molecule has 0 saturated carbocycles. The lowest BCUT2D eigenvalue weighted by Crippen LogP contribution is -2.47. The molecule has 29 heavy (non-hydrogen) atoms. The average molecular weight is 398 g/mol. The van der Waals surface area contributed by atoms with Gasteiger partial charge in [-0.15, -0.1) is 0 Å². The molecule has 7 nitrogen and oxygen atoms in total. The number of hydrogen-bond donors (Lipinski definition) is 2. The Balaban J connectivity index is 1.95. The normalized spacial score (nSPS) is 11.3. The Bertz CT molecular complexity index is 923. The van der Waals surface area contributed by atoms with Crippen LogP contribution in [0.4, 0.5) is 0 Å². The smallest absolute Gasteiger partial charge is 0.279 e. The zero-order valence-electron chi connectivity index (χ0n) is 17.3. The van der Waals surface area contributed by atoms with Crippen LogP contribution < -0.4 is 20.3 Å². The number of amides is 2. The number of hydrogen-bond acceptors (Lipinski definition) is 5. The Hall–Kier alpha value is -3.35. The van der Waals surface area contributed by atoms with Gasteiger partial charge in [0.25, 0.3) is 5.91 Å². The molecule has 0 saturated heterocycles. The second-order valence-corrected chi connectivity index (χ2v) is 6.76. The van der Waals surface area contributed by atoms with Crippen LogP contribution in [0.25, 0.3) is 0 Å². The highest BCUT2D eigenvalue weighted by Crippen LogP contribution is 2.22. The summed E-state index contributed by atoms with van der Waals surface area (Å²) in [7, 11) is 1.48. The lowest BCUT2D eigenvalue weighted by Gasteiger charge is -2.17. The van der Waals surface area contributed by atoms with Crippen molar-refractivity contribution in [2.45, 2.75) is 40.2 Å². The number of carbonyl (C=O) groups excluding carboxylic acids is 3. The minimum absolute atomic E-state index is 0.0587. The molecule has 1 atom stereocenters. The number of benzene rings is 2. The van der Waals surface area contributed by atoms with Crippen molar-refractivity contribution in [3.8, 4) is 11.5 Å². The summed E-state index contributed by atoms with van der Waals surface area (Å²) in [5, 5.41) is 0. The number of carbonyl (C=O) groups is 3. The van der Waals surface area contributed by atoms with Gasteiger partial charge < -0.3 is 9.47 Å². The van der Waals surface area contributed by atoms with Gasteiger partial charge in [0.15, 0.2) is 11.9 Å². The van der Waals surface area contributed by atoms with Crippen LogP contribution in [0.1, 0.15) is 40.9 Å². The molecule has 0 heterocycles. The largest absolute Gasteiger partial charge is 0.496 e. The van der Waals surface area contributed by atoms with Gasteiger partial charge >= 0.3 is 0 Å². The summed E-state index contributed by atoms with van der Waals surface area (Å²) in [6.45, 7) is 6.92. The monoisotopic (exact) mass is 398 g/mol. The topological polar surface area (TPSA) is 93.7 Å². The molecule has 2 N–H and O–H groups in total. The maximum absolute atomic E-state index is 12.2. The Labute approximate surface area is 170 Å². The van der Waals surface area contributed by atoms with E-state index in [1.54, 1.807) is 31.2 Å². The van der Waals surface area contributed by atoms with E-state index in [0.29, 0.717) is 22.6 Å². The Morgan fingerprint density at radius 2 is 1.76 bits per heavy atom. The fraction of sp³-hybridized carbons (Fsp3) is 0.318. The van der Waals surface area contributed by atoms with Crippen molar-refractivity contribution >= 4 is 17.6 Å². The van der Waals surface area contributed by atoms with Crippen LogP contribution in [0.5, 0.6) is 11.5 Å². The lowest BCUT2D eigenvalue weighted by molar-refractivity contribution is -0.132. The molecule has 2 aromatic rings. The number of rotatable bonds is 7. The van der Waals surface area contributed by atoms with Gasteiger partial charge in [0, 0.05) is 11.1 Å². The molecule has 0 radical (unpaired) electrons. The van der Waals surface area contributed by atoms with Gasteiger partial charge in [-0.3, -0.25) is 25.2 Å². The van der Waals surface area contributed by atoms with Crippen molar-refractivity contribution in [1.82, 2.24) is 10.9 Å². The number of methoxy groups -OCH3 is 1. The van der Waals surface area contributed by atoms with Crippen molar-refractivity contribution in [1.29, 1.82) is 0 Å². The summed E-state index contributed by atoms with van der Waals surface area (Å²) in [6, 6.07) is 10.5.